The summed E-state index contributed by atoms with van der Waals surface area (Å²) in [5.74, 6) is 0. The van der Waals surface area contributed by atoms with Crippen LogP contribution in [0.5, 0.6) is 0 Å². The zero-order valence-corrected chi connectivity index (χ0v) is 14.8. The summed E-state index contributed by atoms with van der Waals surface area (Å²) in [6, 6.07) is 4.87. The molecule has 1 heterocycles. The van der Waals surface area contributed by atoms with Gasteiger partial charge in [0.1, 0.15) is 6.61 Å². The summed E-state index contributed by atoms with van der Waals surface area (Å²) in [6.45, 7) is 3.41. The van der Waals surface area contributed by atoms with Crippen LogP contribution in [0, 0.1) is 15.5 Å². The third-order valence-corrected chi connectivity index (χ3v) is 6.01. The lowest BCUT2D eigenvalue weighted by Crippen LogP contribution is -2.64. The Balaban J connectivity index is 1.60. The number of cyclic esters (lactones) is 1. The standard InChI is InChI=1S/C18H23N3O5/c1-2-25-16-11-15(18(16)6-3-7-18)19-13-5-4-12(21(23)24)10-14(13)20-8-9-26-17(20)22/h4-5,10,15-16,19H,2-3,6-9,11H2,1H3. The Hall–Kier alpha value is -2.35. The van der Waals surface area contributed by atoms with Gasteiger partial charge in [0.05, 0.1) is 28.9 Å². The van der Waals surface area contributed by atoms with E-state index >= 15 is 0 Å². The number of anilines is 2. The van der Waals surface area contributed by atoms with Crippen LogP contribution in [0.2, 0.25) is 0 Å². The van der Waals surface area contributed by atoms with Gasteiger partial charge in [-0.3, -0.25) is 15.0 Å². The van der Waals surface area contributed by atoms with E-state index in [0.29, 0.717) is 25.4 Å². The zero-order chi connectivity index (χ0) is 18.3. The molecule has 0 radical (unpaired) electrons. The molecule has 2 atom stereocenters. The second kappa shape index (κ2) is 6.42. The molecule has 0 aromatic heterocycles. The summed E-state index contributed by atoms with van der Waals surface area (Å²) < 4.78 is 10.9. The maximum absolute atomic E-state index is 12.0. The number of rotatable bonds is 6. The largest absolute Gasteiger partial charge is 0.447 e. The highest BCUT2D eigenvalue weighted by Crippen LogP contribution is 2.58. The SMILES string of the molecule is CCOC1CC(Nc2ccc([N+](=O)[O-])cc2N2CCOC2=O)C12CCC2. The number of carbonyl (C=O) groups is 1. The fourth-order valence-corrected chi connectivity index (χ4v) is 4.42. The lowest BCUT2D eigenvalue weighted by atomic mass is 9.51. The van der Waals surface area contributed by atoms with Gasteiger partial charge in [-0.2, -0.15) is 0 Å². The predicted molar refractivity (Wildman–Crippen MR) is 95.5 cm³/mol. The van der Waals surface area contributed by atoms with Gasteiger partial charge in [-0.1, -0.05) is 6.42 Å². The van der Waals surface area contributed by atoms with Gasteiger partial charge in [-0.15, -0.1) is 0 Å². The molecule has 2 unspecified atom stereocenters. The van der Waals surface area contributed by atoms with Crippen molar-refractivity contribution in [2.45, 2.75) is 44.8 Å². The number of hydrogen-bond donors (Lipinski definition) is 1. The molecule has 2 aliphatic carbocycles. The number of carbonyl (C=O) groups excluding carboxylic acids is 1. The summed E-state index contributed by atoms with van der Waals surface area (Å²) in [6.07, 6.45) is 4.18. The maximum Gasteiger partial charge on any atom is 0.414 e. The van der Waals surface area contributed by atoms with Crippen LogP contribution >= 0.6 is 0 Å². The highest BCUT2D eigenvalue weighted by atomic mass is 16.6. The van der Waals surface area contributed by atoms with Crippen molar-refractivity contribution in [2.75, 3.05) is 30.0 Å². The Morgan fingerprint density at radius 2 is 2.27 bits per heavy atom. The molecule has 3 fully saturated rings. The van der Waals surface area contributed by atoms with Crippen molar-refractivity contribution in [3.63, 3.8) is 0 Å². The van der Waals surface area contributed by atoms with Crippen molar-refractivity contribution >= 4 is 23.2 Å². The van der Waals surface area contributed by atoms with E-state index in [1.54, 1.807) is 6.07 Å². The van der Waals surface area contributed by atoms with E-state index in [1.165, 1.54) is 23.5 Å². The van der Waals surface area contributed by atoms with Crippen molar-refractivity contribution in [1.29, 1.82) is 0 Å². The first kappa shape index (κ1) is 17.1. The number of nitro benzene ring substituents is 1. The van der Waals surface area contributed by atoms with Gasteiger partial charge in [-0.25, -0.2) is 4.79 Å². The molecule has 1 amide bonds. The molecule has 1 spiro atoms. The lowest BCUT2D eigenvalue weighted by Gasteiger charge is -2.61. The van der Waals surface area contributed by atoms with Crippen LogP contribution in [-0.2, 0) is 9.47 Å². The monoisotopic (exact) mass is 361 g/mol. The molecule has 2 saturated carbocycles. The average Bonchev–Trinajstić information content (AvgIpc) is 2.98. The minimum atomic E-state index is -0.465. The van der Waals surface area contributed by atoms with Crippen LogP contribution in [0.3, 0.4) is 0 Å². The highest BCUT2D eigenvalue weighted by Gasteiger charge is 2.59. The van der Waals surface area contributed by atoms with Gasteiger partial charge in [0.2, 0.25) is 0 Å². The zero-order valence-electron chi connectivity index (χ0n) is 14.8. The molecular formula is C18H23N3O5. The van der Waals surface area contributed by atoms with Gasteiger partial charge < -0.3 is 14.8 Å². The molecule has 4 rings (SSSR count). The summed E-state index contributed by atoms with van der Waals surface area (Å²) in [4.78, 5) is 24.2. The maximum atomic E-state index is 12.0. The number of nitrogens with one attached hydrogen (secondary N) is 1. The van der Waals surface area contributed by atoms with Gasteiger partial charge in [0.25, 0.3) is 5.69 Å². The number of amides is 1. The van der Waals surface area contributed by atoms with E-state index < -0.39 is 11.0 Å². The van der Waals surface area contributed by atoms with E-state index in [4.69, 9.17) is 9.47 Å². The number of benzene rings is 1. The van der Waals surface area contributed by atoms with Crippen LogP contribution in [0.25, 0.3) is 0 Å². The highest BCUT2D eigenvalue weighted by molar-refractivity contribution is 5.94. The molecule has 8 heteroatoms. The van der Waals surface area contributed by atoms with Crippen LogP contribution in [-0.4, -0.2) is 42.9 Å². The number of nitro groups is 1. The van der Waals surface area contributed by atoms with Crippen LogP contribution in [0.15, 0.2) is 18.2 Å². The third-order valence-electron chi connectivity index (χ3n) is 6.01. The molecule has 1 saturated heterocycles. The fraction of sp³-hybridized carbons (Fsp3) is 0.611. The molecule has 1 aromatic rings. The van der Waals surface area contributed by atoms with Gasteiger partial charge in [0, 0.05) is 30.2 Å². The minimum absolute atomic E-state index is 0.0376. The summed E-state index contributed by atoms with van der Waals surface area (Å²) >= 11 is 0. The number of ether oxygens (including phenoxy) is 2. The van der Waals surface area contributed by atoms with Crippen molar-refractivity contribution < 1.29 is 19.2 Å². The topological polar surface area (TPSA) is 93.9 Å². The van der Waals surface area contributed by atoms with E-state index in [1.807, 2.05) is 6.92 Å². The van der Waals surface area contributed by atoms with E-state index in [9.17, 15) is 14.9 Å². The Kier molecular flexibility index (Phi) is 4.22. The minimum Gasteiger partial charge on any atom is -0.447 e. The molecule has 1 N–H and O–H groups in total. The predicted octanol–water partition coefficient (Wildman–Crippen LogP) is 3.31. The van der Waals surface area contributed by atoms with E-state index in [2.05, 4.69) is 5.32 Å². The molecule has 0 bridgehead atoms. The normalized spacial score (nSPS) is 26.2. The lowest BCUT2D eigenvalue weighted by molar-refractivity contribution is -0.384. The number of hydrogen-bond acceptors (Lipinski definition) is 6. The van der Waals surface area contributed by atoms with Crippen LogP contribution in [0.1, 0.15) is 32.6 Å². The van der Waals surface area contributed by atoms with Crippen molar-refractivity contribution in [3.05, 3.63) is 28.3 Å². The Bertz CT molecular complexity index is 734. The number of non-ortho nitro benzene ring substituents is 1. The van der Waals surface area contributed by atoms with Crippen molar-refractivity contribution in [1.82, 2.24) is 0 Å². The third kappa shape index (κ3) is 2.59. The van der Waals surface area contributed by atoms with Crippen molar-refractivity contribution in [2.24, 2.45) is 5.41 Å². The van der Waals surface area contributed by atoms with Gasteiger partial charge >= 0.3 is 6.09 Å². The molecule has 3 aliphatic rings. The Morgan fingerprint density at radius 1 is 1.46 bits per heavy atom. The fourth-order valence-electron chi connectivity index (χ4n) is 4.42. The van der Waals surface area contributed by atoms with Crippen LogP contribution in [0.4, 0.5) is 21.9 Å². The Morgan fingerprint density at radius 3 is 2.85 bits per heavy atom. The first-order chi connectivity index (χ1) is 12.5. The molecular weight excluding hydrogens is 338 g/mol. The first-order valence-electron chi connectivity index (χ1n) is 9.16. The van der Waals surface area contributed by atoms with E-state index in [-0.39, 0.29) is 23.2 Å². The summed E-state index contributed by atoms with van der Waals surface area (Å²) in [7, 11) is 0. The molecule has 1 aliphatic heterocycles. The average molecular weight is 361 g/mol. The Labute approximate surface area is 151 Å². The first-order valence-corrected chi connectivity index (χ1v) is 9.16. The number of nitrogens with zero attached hydrogens (tertiary/aromatic N) is 2. The summed E-state index contributed by atoms with van der Waals surface area (Å²) in [5.41, 5.74) is 1.36. The van der Waals surface area contributed by atoms with Gasteiger partial charge in [-0.05, 0) is 32.3 Å². The molecule has 26 heavy (non-hydrogen) atoms. The smallest absolute Gasteiger partial charge is 0.414 e. The van der Waals surface area contributed by atoms with Crippen LogP contribution < -0.4 is 10.2 Å². The van der Waals surface area contributed by atoms with Gasteiger partial charge in [0.15, 0.2) is 0 Å². The molecule has 8 nitrogen and oxygen atoms in total. The second-order valence-electron chi connectivity index (χ2n) is 7.19. The van der Waals surface area contributed by atoms with Crippen molar-refractivity contribution in [3.8, 4) is 0 Å². The quantitative estimate of drug-likeness (QED) is 0.617. The molecule has 140 valence electrons. The second-order valence-corrected chi connectivity index (χ2v) is 7.19. The molecule has 1 aromatic carbocycles. The van der Waals surface area contributed by atoms with E-state index in [0.717, 1.165) is 24.9 Å². The summed E-state index contributed by atoms with van der Waals surface area (Å²) in [5, 5.41) is 14.7.